The van der Waals surface area contributed by atoms with Gasteiger partial charge < -0.3 is 15.4 Å². The largest absolute Gasteiger partial charge is 0.484 e. The minimum atomic E-state index is -0.818. The molecule has 0 spiro atoms. The van der Waals surface area contributed by atoms with E-state index in [1.165, 1.54) is 17.7 Å². The zero-order chi connectivity index (χ0) is 21.2. The van der Waals surface area contributed by atoms with Gasteiger partial charge in [0.05, 0.1) is 10.6 Å². The van der Waals surface area contributed by atoms with Crippen LogP contribution in [0.25, 0.3) is 0 Å². The summed E-state index contributed by atoms with van der Waals surface area (Å²) in [6.45, 7) is 0.437. The van der Waals surface area contributed by atoms with Crippen LogP contribution in [0.4, 0.5) is 4.39 Å². The number of halogens is 2. The standard InChI is InChI=1S/C23H24ClFN2O3/c24-18-7-6-17(12-19(18)25)30-15-21(29)27-23-10-8-22(9-11-23,13-20(23)28)26-14-16-4-2-1-3-5-16/h1-7,12,26H,8-11,13-15H2,(H,27,29). The zero-order valence-corrected chi connectivity index (χ0v) is 17.3. The number of Topliss-reactive ketones (excluding diaryl/α,β-unsaturated/α-hetero) is 1. The second-order valence-corrected chi connectivity index (χ2v) is 8.62. The first-order valence-electron chi connectivity index (χ1n) is 10.1. The summed E-state index contributed by atoms with van der Waals surface area (Å²) in [6, 6.07) is 14.1. The highest BCUT2D eigenvalue weighted by atomic mass is 35.5. The van der Waals surface area contributed by atoms with Gasteiger partial charge in [-0.25, -0.2) is 4.39 Å². The number of nitrogens with one attached hydrogen (secondary N) is 2. The van der Waals surface area contributed by atoms with Gasteiger partial charge in [-0.1, -0.05) is 41.9 Å². The molecule has 0 aliphatic heterocycles. The van der Waals surface area contributed by atoms with Crippen molar-refractivity contribution in [2.75, 3.05) is 6.61 Å². The minimum Gasteiger partial charge on any atom is -0.484 e. The lowest BCUT2D eigenvalue weighted by molar-refractivity contribution is -0.141. The Morgan fingerprint density at radius 3 is 2.50 bits per heavy atom. The van der Waals surface area contributed by atoms with Gasteiger partial charge in [0, 0.05) is 24.6 Å². The van der Waals surface area contributed by atoms with Gasteiger partial charge in [0.15, 0.2) is 12.4 Å². The maximum Gasteiger partial charge on any atom is 0.258 e. The van der Waals surface area contributed by atoms with Gasteiger partial charge in [0.1, 0.15) is 11.6 Å². The molecule has 7 heteroatoms. The number of ketones is 1. The van der Waals surface area contributed by atoms with Crippen molar-refractivity contribution in [3.05, 3.63) is 64.9 Å². The number of carbonyl (C=O) groups excluding carboxylic acids is 2. The number of amides is 1. The van der Waals surface area contributed by atoms with Crippen molar-refractivity contribution in [3.63, 3.8) is 0 Å². The third kappa shape index (κ3) is 4.35. The smallest absolute Gasteiger partial charge is 0.258 e. The first-order valence-corrected chi connectivity index (χ1v) is 10.5. The topological polar surface area (TPSA) is 67.4 Å². The Hall–Kier alpha value is -2.44. The number of hydrogen-bond acceptors (Lipinski definition) is 4. The van der Waals surface area contributed by atoms with Crippen LogP contribution in [-0.4, -0.2) is 29.4 Å². The summed E-state index contributed by atoms with van der Waals surface area (Å²) in [5.41, 5.74) is 0.171. The monoisotopic (exact) mass is 430 g/mol. The fraction of sp³-hybridized carbons (Fsp3) is 0.391. The predicted molar refractivity (Wildman–Crippen MR) is 112 cm³/mol. The minimum absolute atomic E-state index is 0.00921. The average Bonchev–Trinajstić information content (AvgIpc) is 2.75. The molecule has 30 heavy (non-hydrogen) atoms. The third-order valence-corrected chi connectivity index (χ3v) is 6.55. The second kappa shape index (κ2) is 8.36. The molecule has 2 bridgehead atoms. The van der Waals surface area contributed by atoms with Gasteiger partial charge in [-0.3, -0.25) is 9.59 Å². The fourth-order valence-electron chi connectivity index (χ4n) is 4.43. The lowest BCUT2D eigenvalue weighted by Gasteiger charge is -2.52. The van der Waals surface area contributed by atoms with Crippen LogP contribution >= 0.6 is 11.6 Å². The summed E-state index contributed by atoms with van der Waals surface area (Å²) in [7, 11) is 0. The zero-order valence-electron chi connectivity index (χ0n) is 16.5. The van der Waals surface area contributed by atoms with E-state index in [0.717, 1.165) is 25.5 Å². The lowest BCUT2D eigenvalue weighted by atomic mass is 9.60. The Labute approximate surface area is 179 Å². The molecule has 0 heterocycles. The molecule has 2 N–H and O–H groups in total. The van der Waals surface area contributed by atoms with Gasteiger partial charge in [-0.15, -0.1) is 0 Å². The van der Waals surface area contributed by atoms with E-state index in [9.17, 15) is 14.0 Å². The highest BCUT2D eigenvalue weighted by Crippen LogP contribution is 2.45. The molecule has 1 amide bonds. The number of ether oxygens (including phenoxy) is 1. The molecule has 3 aliphatic carbocycles. The summed E-state index contributed by atoms with van der Waals surface area (Å²) in [5, 5.41) is 6.48. The molecule has 158 valence electrons. The predicted octanol–water partition coefficient (Wildman–Crippen LogP) is 3.79. The van der Waals surface area contributed by atoms with Gasteiger partial charge in [0.2, 0.25) is 0 Å². The molecule has 0 atom stereocenters. The number of fused-ring (bicyclic) bond motifs is 3. The van der Waals surface area contributed by atoms with Crippen LogP contribution < -0.4 is 15.4 Å². The van der Waals surface area contributed by atoms with Crippen molar-refractivity contribution < 1.29 is 18.7 Å². The van der Waals surface area contributed by atoms with Crippen LogP contribution in [-0.2, 0) is 16.1 Å². The van der Waals surface area contributed by atoms with Gasteiger partial charge in [0.25, 0.3) is 5.91 Å². The molecule has 3 aliphatic rings. The molecule has 0 radical (unpaired) electrons. The quantitative estimate of drug-likeness (QED) is 0.701. The van der Waals surface area contributed by atoms with Gasteiger partial charge in [-0.2, -0.15) is 0 Å². The lowest BCUT2D eigenvalue weighted by Crippen LogP contribution is -2.68. The highest BCUT2D eigenvalue weighted by Gasteiger charge is 2.54. The van der Waals surface area contributed by atoms with E-state index >= 15 is 0 Å². The maximum atomic E-state index is 13.5. The number of benzene rings is 2. The van der Waals surface area contributed by atoms with Crippen molar-refractivity contribution in [2.45, 2.75) is 49.7 Å². The van der Waals surface area contributed by atoms with Crippen molar-refractivity contribution in [1.29, 1.82) is 0 Å². The van der Waals surface area contributed by atoms with E-state index in [4.69, 9.17) is 16.3 Å². The van der Waals surface area contributed by atoms with Crippen LogP contribution in [0.5, 0.6) is 5.75 Å². The second-order valence-electron chi connectivity index (χ2n) is 8.21. The Morgan fingerprint density at radius 2 is 1.83 bits per heavy atom. The Balaban J connectivity index is 1.32. The molecule has 5 nitrogen and oxygen atoms in total. The maximum absolute atomic E-state index is 13.5. The van der Waals surface area contributed by atoms with Crippen molar-refractivity contribution in [1.82, 2.24) is 10.6 Å². The number of rotatable bonds is 7. The average molecular weight is 431 g/mol. The van der Waals surface area contributed by atoms with Crippen molar-refractivity contribution >= 4 is 23.3 Å². The molecule has 2 aromatic carbocycles. The van der Waals surface area contributed by atoms with Crippen LogP contribution in [0, 0.1) is 5.82 Å². The summed E-state index contributed by atoms with van der Waals surface area (Å²) >= 11 is 5.65. The van der Waals surface area contributed by atoms with Crippen LogP contribution in [0.1, 0.15) is 37.7 Å². The van der Waals surface area contributed by atoms with Gasteiger partial charge >= 0.3 is 0 Å². The molecule has 2 aromatic rings. The molecule has 0 unspecified atom stereocenters. The van der Waals surface area contributed by atoms with E-state index in [2.05, 4.69) is 22.8 Å². The van der Waals surface area contributed by atoms with Crippen LogP contribution in [0.15, 0.2) is 48.5 Å². The Morgan fingerprint density at radius 1 is 1.10 bits per heavy atom. The van der Waals surface area contributed by atoms with Crippen molar-refractivity contribution in [2.24, 2.45) is 0 Å². The molecule has 3 fully saturated rings. The Bertz CT molecular complexity index is 943. The van der Waals surface area contributed by atoms with E-state index < -0.39 is 11.4 Å². The van der Waals surface area contributed by atoms with Crippen molar-refractivity contribution in [3.8, 4) is 5.75 Å². The number of carbonyl (C=O) groups is 2. The molecule has 0 aromatic heterocycles. The molecular weight excluding hydrogens is 407 g/mol. The van der Waals surface area contributed by atoms with E-state index in [0.29, 0.717) is 19.3 Å². The summed E-state index contributed by atoms with van der Waals surface area (Å²) in [5.74, 6) is -0.716. The normalized spacial score (nSPS) is 25.2. The summed E-state index contributed by atoms with van der Waals surface area (Å²) < 4.78 is 18.8. The number of hydrogen-bond donors (Lipinski definition) is 2. The highest BCUT2D eigenvalue weighted by molar-refractivity contribution is 6.30. The van der Waals surface area contributed by atoms with E-state index in [1.807, 2.05) is 18.2 Å². The third-order valence-electron chi connectivity index (χ3n) is 6.24. The van der Waals surface area contributed by atoms with Crippen LogP contribution in [0.3, 0.4) is 0 Å². The summed E-state index contributed by atoms with van der Waals surface area (Å²) in [6.07, 6.45) is 3.28. The van der Waals surface area contributed by atoms with Gasteiger partial charge in [-0.05, 0) is 43.4 Å². The first-order chi connectivity index (χ1) is 14.4. The molecule has 0 saturated heterocycles. The molecular formula is C23H24ClFN2O3. The van der Waals surface area contributed by atoms with E-state index in [-0.39, 0.29) is 34.6 Å². The fourth-order valence-corrected chi connectivity index (χ4v) is 4.54. The molecule has 5 rings (SSSR count). The van der Waals surface area contributed by atoms with E-state index in [1.54, 1.807) is 0 Å². The first kappa shape index (κ1) is 20.8. The SMILES string of the molecule is O=C(COc1ccc(Cl)c(F)c1)NC12CCC(NCc3ccccc3)(CC1)CC2=O. The molecule has 3 saturated carbocycles. The summed E-state index contributed by atoms with van der Waals surface area (Å²) in [4.78, 5) is 25.4. The van der Waals surface area contributed by atoms with Crippen LogP contribution in [0.2, 0.25) is 5.02 Å². The Kier molecular flexibility index (Phi) is 5.80.